The second-order valence-electron chi connectivity index (χ2n) is 4.94. The van der Waals surface area contributed by atoms with Crippen molar-refractivity contribution in [2.24, 2.45) is 7.05 Å². The number of nitrogens with zero attached hydrogens (tertiary/aromatic N) is 1. The predicted octanol–water partition coefficient (Wildman–Crippen LogP) is 3.74. The summed E-state index contributed by atoms with van der Waals surface area (Å²) in [7, 11) is 1.95. The quantitative estimate of drug-likeness (QED) is 0.751. The average molecular weight is 264 g/mol. The van der Waals surface area contributed by atoms with Crippen LogP contribution in [-0.2, 0) is 7.05 Å². The summed E-state index contributed by atoms with van der Waals surface area (Å²) < 4.78 is 1.97. The molecule has 20 heavy (non-hydrogen) atoms. The van der Waals surface area contributed by atoms with Crippen molar-refractivity contribution in [2.45, 2.75) is 6.92 Å². The van der Waals surface area contributed by atoms with Crippen LogP contribution in [0.3, 0.4) is 0 Å². The number of aryl methyl sites for hydroxylation is 2. The summed E-state index contributed by atoms with van der Waals surface area (Å²) in [5, 5.41) is 3.95. The Morgan fingerprint density at radius 2 is 1.75 bits per heavy atom. The minimum Gasteiger partial charge on any atom is -0.350 e. The first-order valence-electron chi connectivity index (χ1n) is 6.58. The van der Waals surface area contributed by atoms with Crippen LogP contribution in [0.4, 0.5) is 5.69 Å². The van der Waals surface area contributed by atoms with Crippen LogP contribution in [-0.4, -0.2) is 10.5 Å². The van der Waals surface area contributed by atoms with Gasteiger partial charge in [-0.1, -0.05) is 36.4 Å². The first-order valence-corrected chi connectivity index (χ1v) is 6.58. The van der Waals surface area contributed by atoms with E-state index in [1.165, 1.54) is 0 Å². The summed E-state index contributed by atoms with van der Waals surface area (Å²) in [4.78, 5) is 12.5. The number of para-hydroxylation sites is 2. The molecular formula is C17H16N2O. The first kappa shape index (κ1) is 12.5. The standard InChI is InChI=1S/C17H16N2O/c1-12-7-3-5-9-15(12)18-17(20)14-11-19(2)16-10-6-4-8-13(14)16/h3-11H,1-2H3,(H,18,20). The number of nitrogens with one attached hydrogen (secondary N) is 1. The summed E-state index contributed by atoms with van der Waals surface area (Å²) in [6.07, 6.45) is 1.87. The topological polar surface area (TPSA) is 34.0 Å². The van der Waals surface area contributed by atoms with E-state index in [9.17, 15) is 4.79 Å². The number of amides is 1. The second kappa shape index (κ2) is 4.85. The molecule has 0 unspecified atom stereocenters. The number of carbonyl (C=O) groups is 1. The molecule has 0 aliphatic heterocycles. The van der Waals surface area contributed by atoms with Crippen molar-refractivity contribution in [3.63, 3.8) is 0 Å². The largest absolute Gasteiger partial charge is 0.350 e. The van der Waals surface area contributed by atoms with Crippen molar-refractivity contribution in [1.82, 2.24) is 4.57 Å². The van der Waals surface area contributed by atoms with Gasteiger partial charge in [0.2, 0.25) is 0 Å². The highest BCUT2D eigenvalue weighted by Gasteiger charge is 2.14. The van der Waals surface area contributed by atoms with Crippen LogP contribution >= 0.6 is 0 Å². The zero-order valence-electron chi connectivity index (χ0n) is 11.6. The zero-order valence-corrected chi connectivity index (χ0v) is 11.6. The minimum absolute atomic E-state index is 0.0731. The third-order valence-corrected chi connectivity index (χ3v) is 3.53. The average Bonchev–Trinajstić information content (AvgIpc) is 2.79. The SMILES string of the molecule is Cc1ccccc1NC(=O)c1cn(C)c2ccccc12. The predicted molar refractivity (Wildman–Crippen MR) is 82.1 cm³/mol. The van der Waals surface area contributed by atoms with Crippen LogP contribution in [0.2, 0.25) is 0 Å². The Balaban J connectivity index is 2.00. The van der Waals surface area contributed by atoms with E-state index in [1.54, 1.807) is 0 Å². The molecule has 0 atom stereocenters. The van der Waals surface area contributed by atoms with Gasteiger partial charge in [-0.2, -0.15) is 0 Å². The molecule has 3 heteroatoms. The molecule has 1 N–H and O–H groups in total. The minimum atomic E-state index is -0.0731. The second-order valence-corrected chi connectivity index (χ2v) is 4.94. The molecule has 0 aliphatic carbocycles. The lowest BCUT2D eigenvalue weighted by Crippen LogP contribution is -2.12. The van der Waals surface area contributed by atoms with Crippen molar-refractivity contribution >= 4 is 22.5 Å². The normalized spacial score (nSPS) is 10.7. The molecule has 0 spiro atoms. The number of hydrogen-bond donors (Lipinski definition) is 1. The molecule has 0 aliphatic rings. The van der Waals surface area contributed by atoms with E-state index in [-0.39, 0.29) is 5.91 Å². The van der Waals surface area contributed by atoms with Gasteiger partial charge in [0.1, 0.15) is 0 Å². The molecule has 1 amide bonds. The van der Waals surface area contributed by atoms with Gasteiger partial charge in [-0.15, -0.1) is 0 Å². The van der Waals surface area contributed by atoms with E-state index in [2.05, 4.69) is 5.32 Å². The van der Waals surface area contributed by atoms with Gasteiger partial charge in [-0.3, -0.25) is 4.79 Å². The number of fused-ring (bicyclic) bond motifs is 1. The molecule has 0 fully saturated rings. The monoisotopic (exact) mass is 264 g/mol. The van der Waals surface area contributed by atoms with Crippen LogP contribution in [0.15, 0.2) is 54.7 Å². The number of aromatic nitrogens is 1. The highest BCUT2D eigenvalue weighted by atomic mass is 16.1. The maximum Gasteiger partial charge on any atom is 0.257 e. The number of benzene rings is 2. The Morgan fingerprint density at radius 1 is 1.05 bits per heavy atom. The van der Waals surface area contributed by atoms with E-state index in [0.717, 1.165) is 22.2 Å². The van der Waals surface area contributed by atoms with Crippen LogP contribution in [0.25, 0.3) is 10.9 Å². The van der Waals surface area contributed by atoms with Crippen molar-refractivity contribution in [2.75, 3.05) is 5.32 Å². The maximum absolute atomic E-state index is 12.5. The van der Waals surface area contributed by atoms with Gasteiger partial charge in [0.25, 0.3) is 5.91 Å². The third-order valence-electron chi connectivity index (χ3n) is 3.53. The molecule has 3 nitrogen and oxygen atoms in total. The van der Waals surface area contributed by atoms with Crippen LogP contribution in [0.1, 0.15) is 15.9 Å². The fraction of sp³-hybridized carbons (Fsp3) is 0.118. The van der Waals surface area contributed by atoms with Gasteiger partial charge in [0, 0.05) is 29.8 Å². The Hall–Kier alpha value is -2.55. The lowest BCUT2D eigenvalue weighted by Gasteiger charge is -2.07. The Bertz CT molecular complexity index is 787. The molecule has 100 valence electrons. The molecule has 3 rings (SSSR count). The zero-order chi connectivity index (χ0) is 14.1. The molecule has 0 saturated carbocycles. The lowest BCUT2D eigenvalue weighted by atomic mass is 10.1. The number of carbonyl (C=O) groups excluding carboxylic acids is 1. The lowest BCUT2D eigenvalue weighted by molar-refractivity contribution is 0.102. The maximum atomic E-state index is 12.5. The summed E-state index contributed by atoms with van der Waals surface area (Å²) in [5.74, 6) is -0.0731. The summed E-state index contributed by atoms with van der Waals surface area (Å²) >= 11 is 0. The highest BCUT2D eigenvalue weighted by Crippen LogP contribution is 2.22. The van der Waals surface area contributed by atoms with Gasteiger partial charge in [-0.05, 0) is 24.6 Å². The van der Waals surface area contributed by atoms with Crippen molar-refractivity contribution < 1.29 is 4.79 Å². The van der Waals surface area contributed by atoms with Crippen LogP contribution in [0.5, 0.6) is 0 Å². The molecule has 0 radical (unpaired) electrons. The van der Waals surface area contributed by atoms with Gasteiger partial charge in [0.05, 0.1) is 5.56 Å². The molecule has 3 aromatic rings. The van der Waals surface area contributed by atoms with E-state index >= 15 is 0 Å². The van der Waals surface area contributed by atoms with Gasteiger partial charge < -0.3 is 9.88 Å². The Morgan fingerprint density at radius 3 is 2.55 bits per heavy atom. The molecule has 2 aromatic carbocycles. The van der Waals surface area contributed by atoms with E-state index in [4.69, 9.17) is 0 Å². The molecule has 0 saturated heterocycles. The highest BCUT2D eigenvalue weighted by molar-refractivity contribution is 6.13. The van der Waals surface area contributed by atoms with E-state index in [0.29, 0.717) is 5.56 Å². The Kier molecular flexibility index (Phi) is 3.03. The number of hydrogen-bond acceptors (Lipinski definition) is 1. The number of anilines is 1. The molecule has 1 heterocycles. The van der Waals surface area contributed by atoms with E-state index < -0.39 is 0 Å². The first-order chi connectivity index (χ1) is 9.66. The van der Waals surface area contributed by atoms with Gasteiger partial charge in [-0.25, -0.2) is 0 Å². The molecule has 0 bridgehead atoms. The summed E-state index contributed by atoms with van der Waals surface area (Å²) in [6, 6.07) is 15.7. The smallest absolute Gasteiger partial charge is 0.257 e. The fourth-order valence-electron chi connectivity index (χ4n) is 2.43. The third kappa shape index (κ3) is 2.07. The summed E-state index contributed by atoms with van der Waals surface area (Å²) in [5.41, 5.74) is 3.67. The molecule has 1 aromatic heterocycles. The van der Waals surface area contributed by atoms with Gasteiger partial charge in [0.15, 0.2) is 0 Å². The van der Waals surface area contributed by atoms with Crippen molar-refractivity contribution in [3.8, 4) is 0 Å². The van der Waals surface area contributed by atoms with Gasteiger partial charge >= 0.3 is 0 Å². The Labute approximate surface area is 117 Å². The van der Waals surface area contributed by atoms with E-state index in [1.807, 2.05) is 73.3 Å². The summed E-state index contributed by atoms with van der Waals surface area (Å²) in [6.45, 7) is 1.98. The van der Waals surface area contributed by atoms with Crippen LogP contribution in [0, 0.1) is 6.92 Å². The number of rotatable bonds is 2. The fourth-order valence-corrected chi connectivity index (χ4v) is 2.43. The van der Waals surface area contributed by atoms with Crippen molar-refractivity contribution in [1.29, 1.82) is 0 Å². The van der Waals surface area contributed by atoms with Crippen molar-refractivity contribution in [3.05, 3.63) is 65.9 Å². The van der Waals surface area contributed by atoms with Crippen LogP contribution < -0.4 is 5.32 Å². The molecular weight excluding hydrogens is 248 g/mol.